The third-order valence-electron chi connectivity index (χ3n) is 4.55. The monoisotopic (exact) mass is 445 g/mol. The minimum Gasteiger partial charge on any atom is -0.465 e. The Morgan fingerprint density at radius 1 is 1.19 bits per heavy atom. The molecule has 31 heavy (non-hydrogen) atoms. The number of amides is 2. The van der Waals surface area contributed by atoms with Gasteiger partial charge in [0.25, 0.3) is 11.6 Å². The zero-order valence-corrected chi connectivity index (χ0v) is 18.4. The molecule has 164 valence electrons. The Balaban J connectivity index is 2.29. The van der Waals surface area contributed by atoms with E-state index in [4.69, 9.17) is 4.74 Å². The van der Waals surface area contributed by atoms with Gasteiger partial charge in [0.2, 0.25) is 5.91 Å². The number of nitrogens with zero attached hydrogens (tertiary/aromatic N) is 2. The van der Waals surface area contributed by atoms with E-state index >= 15 is 0 Å². The molecule has 10 heteroatoms. The maximum atomic E-state index is 12.8. The summed E-state index contributed by atoms with van der Waals surface area (Å²) in [5.74, 6) is -1.40. The van der Waals surface area contributed by atoms with E-state index in [1.54, 1.807) is 11.8 Å². The van der Waals surface area contributed by atoms with Crippen molar-refractivity contribution < 1.29 is 24.0 Å². The van der Waals surface area contributed by atoms with Crippen LogP contribution in [0.2, 0.25) is 0 Å². The van der Waals surface area contributed by atoms with Gasteiger partial charge >= 0.3 is 5.97 Å². The van der Waals surface area contributed by atoms with Gasteiger partial charge in [0.15, 0.2) is 0 Å². The molecule has 0 atom stereocenters. The molecule has 2 rings (SSSR count). The number of ether oxygens (including phenoxy) is 1. The van der Waals surface area contributed by atoms with Crippen LogP contribution in [0.15, 0.2) is 30.3 Å². The maximum Gasteiger partial charge on any atom is 0.341 e. The van der Waals surface area contributed by atoms with Crippen LogP contribution < -0.4 is 5.32 Å². The van der Waals surface area contributed by atoms with E-state index in [9.17, 15) is 24.5 Å². The molecule has 0 aliphatic heterocycles. The minimum atomic E-state index is -0.651. The number of methoxy groups -OCH3 is 1. The van der Waals surface area contributed by atoms with Crippen molar-refractivity contribution in [2.24, 2.45) is 0 Å². The normalized spacial score (nSPS) is 10.7. The van der Waals surface area contributed by atoms with E-state index in [2.05, 4.69) is 5.32 Å². The van der Waals surface area contributed by atoms with Gasteiger partial charge in [0.1, 0.15) is 5.00 Å². The van der Waals surface area contributed by atoms with Gasteiger partial charge < -0.3 is 15.0 Å². The number of anilines is 1. The number of hydrogen-bond acceptors (Lipinski definition) is 7. The first-order valence-electron chi connectivity index (χ1n) is 9.47. The lowest BCUT2D eigenvalue weighted by Crippen LogP contribution is -2.30. The Morgan fingerprint density at radius 3 is 2.32 bits per heavy atom. The van der Waals surface area contributed by atoms with Gasteiger partial charge in [-0.3, -0.25) is 19.7 Å². The molecule has 2 aromatic rings. The lowest BCUT2D eigenvalue weighted by Gasteiger charge is -2.17. The van der Waals surface area contributed by atoms with E-state index in [1.807, 2.05) is 13.8 Å². The molecule has 0 unspecified atom stereocenters. The van der Waals surface area contributed by atoms with Crippen molar-refractivity contribution in [3.63, 3.8) is 0 Å². The quantitative estimate of drug-likeness (QED) is 0.285. The standard InChI is InChI=1S/C21H23N3O6S/c1-5-23(6-2)20(26)18-13(3)17(21(27)30-4)19(31-18)22-16(25)12-9-14-7-10-15(11-8-14)24(28)29/h7-12H,5-6H2,1-4H3,(H,22,25)/b12-9+. The van der Waals surface area contributed by atoms with Gasteiger partial charge in [-0.05, 0) is 50.1 Å². The summed E-state index contributed by atoms with van der Waals surface area (Å²) in [7, 11) is 1.23. The lowest BCUT2D eigenvalue weighted by atomic mass is 10.1. The third-order valence-corrected chi connectivity index (χ3v) is 5.74. The number of carbonyl (C=O) groups is 3. The van der Waals surface area contributed by atoms with Crippen molar-refractivity contribution in [1.29, 1.82) is 0 Å². The number of nitrogens with one attached hydrogen (secondary N) is 1. The maximum absolute atomic E-state index is 12.8. The number of benzene rings is 1. The average Bonchev–Trinajstić information content (AvgIpc) is 3.08. The van der Waals surface area contributed by atoms with Gasteiger partial charge in [-0.15, -0.1) is 11.3 Å². The summed E-state index contributed by atoms with van der Waals surface area (Å²) in [6.45, 7) is 6.39. The minimum absolute atomic E-state index is 0.0521. The molecule has 0 spiro atoms. The lowest BCUT2D eigenvalue weighted by molar-refractivity contribution is -0.384. The fourth-order valence-corrected chi connectivity index (χ4v) is 4.01. The summed E-state index contributed by atoms with van der Waals surface area (Å²) in [6.07, 6.45) is 2.72. The molecule has 0 aliphatic carbocycles. The second-order valence-corrected chi connectivity index (χ2v) is 7.42. The number of non-ortho nitro benzene ring substituents is 1. The fourth-order valence-electron chi connectivity index (χ4n) is 2.84. The van der Waals surface area contributed by atoms with E-state index in [-0.39, 0.29) is 22.2 Å². The molecule has 0 bridgehead atoms. The predicted octanol–water partition coefficient (Wildman–Crippen LogP) is 3.89. The Hall–Kier alpha value is -3.53. The number of nitro benzene ring substituents is 1. The Labute approximate surface area is 183 Å². The number of rotatable bonds is 8. The molecule has 1 aromatic heterocycles. The summed E-state index contributed by atoms with van der Waals surface area (Å²) < 4.78 is 4.82. The van der Waals surface area contributed by atoms with Crippen LogP contribution in [0.25, 0.3) is 6.08 Å². The largest absolute Gasteiger partial charge is 0.465 e. The van der Waals surface area contributed by atoms with Gasteiger partial charge in [-0.25, -0.2) is 4.79 Å². The van der Waals surface area contributed by atoms with Crippen LogP contribution >= 0.6 is 11.3 Å². The van der Waals surface area contributed by atoms with Crippen LogP contribution in [0.3, 0.4) is 0 Å². The van der Waals surface area contributed by atoms with E-state index in [0.29, 0.717) is 29.1 Å². The summed E-state index contributed by atoms with van der Waals surface area (Å²) in [5, 5.41) is 13.6. The molecule has 1 N–H and O–H groups in total. The van der Waals surface area contributed by atoms with Gasteiger partial charge in [0.05, 0.1) is 22.5 Å². The van der Waals surface area contributed by atoms with Crippen LogP contribution in [0, 0.1) is 17.0 Å². The first-order chi connectivity index (χ1) is 14.7. The molecule has 0 saturated carbocycles. The van der Waals surface area contributed by atoms with Crippen molar-refractivity contribution in [2.45, 2.75) is 20.8 Å². The zero-order chi connectivity index (χ0) is 23.1. The van der Waals surface area contributed by atoms with E-state index < -0.39 is 16.8 Å². The number of carbonyl (C=O) groups excluding carboxylic acids is 3. The molecule has 0 fully saturated rings. The zero-order valence-electron chi connectivity index (χ0n) is 17.6. The summed E-state index contributed by atoms with van der Waals surface area (Å²) in [6, 6.07) is 5.69. The molecular formula is C21H23N3O6S. The van der Waals surface area contributed by atoms with Crippen molar-refractivity contribution >= 4 is 45.9 Å². The Bertz CT molecular complexity index is 1020. The van der Waals surface area contributed by atoms with Crippen LogP contribution in [-0.4, -0.2) is 47.8 Å². The van der Waals surface area contributed by atoms with Crippen molar-refractivity contribution in [1.82, 2.24) is 4.90 Å². The highest BCUT2D eigenvalue weighted by atomic mass is 32.1. The van der Waals surface area contributed by atoms with Crippen LogP contribution in [0.5, 0.6) is 0 Å². The second-order valence-electron chi connectivity index (χ2n) is 6.40. The van der Waals surface area contributed by atoms with Crippen LogP contribution in [-0.2, 0) is 9.53 Å². The van der Waals surface area contributed by atoms with Crippen LogP contribution in [0.4, 0.5) is 10.7 Å². The molecular weight excluding hydrogens is 422 g/mol. The van der Waals surface area contributed by atoms with Crippen LogP contribution in [0.1, 0.15) is 45.0 Å². The molecule has 0 saturated heterocycles. The molecule has 2 amide bonds. The summed E-state index contributed by atoms with van der Waals surface area (Å²) >= 11 is 1.02. The number of nitro groups is 1. The number of esters is 1. The smallest absolute Gasteiger partial charge is 0.341 e. The first kappa shape index (κ1) is 23.7. The van der Waals surface area contributed by atoms with Crippen molar-refractivity contribution in [3.8, 4) is 0 Å². The average molecular weight is 445 g/mol. The first-order valence-corrected chi connectivity index (χ1v) is 10.3. The summed E-state index contributed by atoms with van der Waals surface area (Å²) in [5.41, 5.74) is 1.13. The summed E-state index contributed by atoms with van der Waals surface area (Å²) in [4.78, 5) is 49.7. The predicted molar refractivity (Wildman–Crippen MR) is 118 cm³/mol. The van der Waals surface area contributed by atoms with E-state index in [1.165, 1.54) is 43.5 Å². The van der Waals surface area contributed by atoms with Gasteiger partial charge in [-0.1, -0.05) is 0 Å². The highest BCUT2D eigenvalue weighted by Gasteiger charge is 2.27. The molecule has 0 aliphatic rings. The Morgan fingerprint density at radius 2 is 1.81 bits per heavy atom. The highest BCUT2D eigenvalue weighted by Crippen LogP contribution is 2.34. The third kappa shape index (κ3) is 5.54. The van der Waals surface area contributed by atoms with Gasteiger partial charge in [-0.2, -0.15) is 0 Å². The van der Waals surface area contributed by atoms with Gasteiger partial charge in [0, 0.05) is 31.3 Å². The topological polar surface area (TPSA) is 119 Å². The highest BCUT2D eigenvalue weighted by molar-refractivity contribution is 7.18. The second kappa shape index (κ2) is 10.5. The molecule has 0 radical (unpaired) electrons. The Kier molecular flexibility index (Phi) is 8.03. The van der Waals surface area contributed by atoms with Crippen molar-refractivity contribution in [3.05, 3.63) is 62.0 Å². The SMILES string of the molecule is CCN(CC)C(=O)c1sc(NC(=O)/C=C/c2ccc([N+](=O)[O-])cc2)c(C(=O)OC)c1C. The number of hydrogen-bond donors (Lipinski definition) is 1. The van der Waals surface area contributed by atoms with Crippen molar-refractivity contribution in [2.75, 3.05) is 25.5 Å². The molecule has 1 heterocycles. The number of thiophene rings is 1. The molecule has 1 aromatic carbocycles. The molecule has 9 nitrogen and oxygen atoms in total. The fraction of sp³-hybridized carbons (Fsp3) is 0.286. The van der Waals surface area contributed by atoms with E-state index in [0.717, 1.165) is 11.3 Å².